The minimum atomic E-state index is 0.0467. The molecule has 1 atom stereocenters. The molecule has 0 fully saturated rings. The number of hydrogen-bond acceptors (Lipinski definition) is 5. The number of aromatic nitrogens is 1. The third-order valence-corrected chi connectivity index (χ3v) is 4.72. The number of nitrogen functional groups attached to an aromatic ring is 1. The lowest BCUT2D eigenvalue weighted by atomic mass is 9.86. The summed E-state index contributed by atoms with van der Waals surface area (Å²) in [7, 11) is 1.68. The molecule has 1 aromatic heterocycles. The number of nitrogens with two attached hydrogens (primary N) is 1. The molecule has 1 unspecified atom stereocenters. The van der Waals surface area contributed by atoms with Crippen LogP contribution in [-0.4, -0.2) is 24.7 Å². The Labute approximate surface area is 160 Å². The van der Waals surface area contributed by atoms with Gasteiger partial charge in [0.2, 0.25) is 0 Å². The highest BCUT2D eigenvalue weighted by atomic mass is 16.5. The van der Waals surface area contributed by atoms with Gasteiger partial charge < -0.3 is 21.1 Å². The number of benzene rings is 2. The maximum Gasteiger partial charge on any atom is 0.133 e. The van der Waals surface area contributed by atoms with E-state index in [9.17, 15) is 0 Å². The van der Waals surface area contributed by atoms with Crippen LogP contribution in [0.15, 0.2) is 54.7 Å². The summed E-state index contributed by atoms with van der Waals surface area (Å²) in [5.74, 6) is 1.71. The van der Waals surface area contributed by atoms with Crippen LogP contribution in [-0.2, 0) is 0 Å². The van der Waals surface area contributed by atoms with Crippen LogP contribution in [0.3, 0.4) is 0 Å². The van der Waals surface area contributed by atoms with E-state index in [0.29, 0.717) is 0 Å². The maximum absolute atomic E-state index is 5.90. The van der Waals surface area contributed by atoms with Gasteiger partial charge in [0, 0.05) is 41.6 Å². The second kappa shape index (κ2) is 7.74. The summed E-state index contributed by atoms with van der Waals surface area (Å²) in [5.41, 5.74) is 7.74. The highest BCUT2D eigenvalue weighted by Gasteiger charge is 2.24. The number of ether oxygens (including phenoxy) is 1. The summed E-state index contributed by atoms with van der Waals surface area (Å²) < 4.78 is 5.33. The number of methoxy groups -OCH3 is 1. The molecule has 5 heteroatoms. The Hall–Kier alpha value is -2.95. The van der Waals surface area contributed by atoms with Crippen molar-refractivity contribution in [3.05, 3.63) is 54.7 Å². The predicted molar refractivity (Wildman–Crippen MR) is 115 cm³/mol. The summed E-state index contributed by atoms with van der Waals surface area (Å²) in [6, 6.07) is 16.1. The van der Waals surface area contributed by atoms with E-state index < -0.39 is 0 Å². The summed E-state index contributed by atoms with van der Waals surface area (Å²) in [6.45, 7) is 7.41. The van der Waals surface area contributed by atoms with E-state index in [4.69, 9.17) is 10.5 Å². The van der Waals surface area contributed by atoms with Gasteiger partial charge in [0.05, 0.1) is 7.11 Å². The van der Waals surface area contributed by atoms with Crippen LogP contribution in [0, 0.1) is 5.41 Å². The zero-order valence-corrected chi connectivity index (χ0v) is 16.4. The van der Waals surface area contributed by atoms with Crippen molar-refractivity contribution in [3.8, 4) is 5.75 Å². The molecule has 27 heavy (non-hydrogen) atoms. The Morgan fingerprint density at radius 3 is 2.67 bits per heavy atom. The van der Waals surface area contributed by atoms with Crippen molar-refractivity contribution < 1.29 is 4.74 Å². The fourth-order valence-electron chi connectivity index (χ4n) is 3.02. The van der Waals surface area contributed by atoms with Crippen LogP contribution < -0.4 is 21.1 Å². The van der Waals surface area contributed by atoms with Crippen molar-refractivity contribution in [2.45, 2.75) is 26.8 Å². The molecule has 0 aliphatic heterocycles. The summed E-state index contributed by atoms with van der Waals surface area (Å²) in [4.78, 5) is 4.53. The molecule has 0 saturated carbocycles. The van der Waals surface area contributed by atoms with Gasteiger partial charge in [-0.1, -0.05) is 26.8 Å². The molecule has 3 aromatic rings. The lowest BCUT2D eigenvalue weighted by Gasteiger charge is -2.33. The highest BCUT2D eigenvalue weighted by Crippen LogP contribution is 2.27. The normalized spacial score (nSPS) is 12.6. The van der Waals surface area contributed by atoms with Gasteiger partial charge in [-0.25, -0.2) is 4.98 Å². The average molecular weight is 364 g/mol. The fraction of sp³-hybridized carbons (Fsp3) is 0.318. The Balaban J connectivity index is 1.80. The maximum atomic E-state index is 5.90. The lowest BCUT2D eigenvalue weighted by molar-refractivity contribution is 0.350. The van der Waals surface area contributed by atoms with Crippen molar-refractivity contribution in [1.29, 1.82) is 0 Å². The van der Waals surface area contributed by atoms with Gasteiger partial charge in [0.25, 0.3) is 0 Å². The molecule has 0 saturated heterocycles. The number of pyridine rings is 1. The number of nitrogens with zero attached hydrogens (tertiary/aromatic N) is 1. The third kappa shape index (κ3) is 4.61. The molecule has 2 aromatic carbocycles. The first-order valence-electron chi connectivity index (χ1n) is 9.15. The van der Waals surface area contributed by atoms with Gasteiger partial charge in [-0.15, -0.1) is 0 Å². The summed E-state index contributed by atoms with van der Waals surface area (Å²) in [5, 5.41) is 9.30. The first kappa shape index (κ1) is 18.8. The SMILES string of the molecule is COc1cccc(NC(CNc2nccc3cc(N)ccc23)C(C)(C)C)c1. The van der Waals surface area contributed by atoms with Crippen LogP contribution >= 0.6 is 0 Å². The zero-order valence-electron chi connectivity index (χ0n) is 16.4. The van der Waals surface area contributed by atoms with Crippen molar-refractivity contribution in [2.75, 3.05) is 30.0 Å². The molecule has 1 heterocycles. The van der Waals surface area contributed by atoms with Gasteiger partial charge >= 0.3 is 0 Å². The molecule has 142 valence electrons. The second-order valence-electron chi connectivity index (χ2n) is 7.82. The van der Waals surface area contributed by atoms with Gasteiger partial charge in [-0.05, 0) is 47.2 Å². The standard InChI is InChI=1S/C22H28N4O/c1-22(2,3)20(26-17-6-5-7-18(13-17)27-4)14-25-21-19-9-8-16(23)12-15(19)10-11-24-21/h5-13,20,26H,14,23H2,1-4H3,(H,24,25). The minimum absolute atomic E-state index is 0.0467. The molecular weight excluding hydrogens is 336 g/mol. The van der Waals surface area contributed by atoms with E-state index in [2.05, 4.69) is 42.5 Å². The van der Waals surface area contributed by atoms with E-state index >= 15 is 0 Å². The number of rotatable bonds is 6. The van der Waals surface area contributed by atoms with E-state index in [-0.39, 0.29) is 11.5 Å². The van der Waals surface area contributed by atoms with E-state index in [1.807, 2.05) is 48.7 Å². The topological polar surface area (TPSA) is 72.2 Å². The van der Waals surface area contributed by atoms with Crippen molar-refractivity contribution >= 4 is 28.0 Å². The van der Waals surface area contributed by atoms with Gasteiger partial charge in [0.1, 0.15) is 11.6 Å². The van der Waals surface area contributed by atoms with Crippen LogP contribution in [0.25, 0.3) is 10.8 Å². The van der Waals surface area contributed by atoms with Gasteiger partial charge in [-0.2, -0.15) is 0 Å². The molecule has 0 amide bonds. The van der Waals surface area contributed by atoms with E-state index in [1.54, 1.807) is 7.11 Å². The van der Waals surface area contributed by atoms with Gasteiger partial charge in [0.15, 0.2) is 0 Å². The molecule has 0 bridgehead atoms. The average Bonchev–Trinajstić information content (AvgIpc) is 2.64. The highest BCUT2D eigenvalue weighted by molar-refractivity contribution is 5.93. The van der Waals surface area contributed by atoms with Crippen LogP contribution in [0.4, 0.5) is 17.2 Å². The molecule has 0 spiro atoms. The third-order valence-electron chi connectivity index (χ3n) is 4.72. The summed E-state index contributed by atoms with van der Waals surface area (Å²) >= 11 is 0. The van der Waals surface area contributed by atoms with Crippen molar-refractivity contribution in [1.82, 2.24) is 4.98 Å². The molecule has 4 N–H and O–H groups in total. The predicted octanol–water partition coefficient (Wildman–Crippen LogP) is 4.76. The molecule has 0 aliphatic carbocycles. The van der Waals surface area contributed by atoms with Gasteiger partial charge in [-0.3, -0.25) is 0 Å². The Morgan fingerprint density at radius 2 is 1.93 bits per heavy atom. The zero-order chi connectivity index (χ0) is 19.4. The smallest absolute Gasteiger partial charge is 0.133 e. The Morgan fingerprint density at radius 1 is 1.11 bits per heavy atom. The Kier molecular flexibility index (Phi) is 5.40. The molecule has 3 rings (SSSR count). The molecule has 0 radical (unpaired) electrons. The quantitative estimate of drug-likeness (QED) is 0.550. The second-order valence-corrected chi connectivity index (χ2v) is 7.82. The minimum Gasteiger partial charge on any atom is -0.497 e. The first-order valence-corrected chi connectivity index (χ1v) is 9.15. The molecular formula is C22H28N4O. The number of anilines is 3. The molecule has 5 nitrogen and oxygen atoms in total. The van der Waals surface area contributed by atoms with E-state index in [0.717, 1.165) is 40.3 Å². The van der Waals surface area contributed by atoms with Crippen molar-refractivity contribution in [2.24, 2.45) is 5.41 Å². The van der Waals surface area contributed by atoms with Crippen LogP contribution in [0.1, 0.15) is 20.8 Å². The first-order chi connectivity index (χ1) is 12.9. The number of hydrogen-bond donors (Lipinski definition) is 3. The fourth-order valence-corrected chi connectivity index (χ4v) is 3.02. The van der Waals surface area contributed by atoms with E-state index in [1.165, 1.54) is 0 Å². The van der Waals surface area contributed by atoms with Crippen LogP contribution in [0.2, 0.25) is 0 Å². The number of fused-ring (bicyclic) bond motifs is 1. The van der Waals surface area contributed by atoms with Crippen molar-refractivity contribution in [3.63, 3.8) is 0 Å². The Bertz CT molecular complexity index is 918. The molecule has 0 aliphatic rings. The largest absolute Gasteiger partial charge is 0.497 e. The number of nitrogens with one attached hydrogen (secondary N) is 2. The lowest BCUT2D eigenvalue weighted by Crippen LogP contribution is -2.40. The summed E-state index contributed by atoms with van der Waals surface area (Å²) in [6.07, 6.45) is 1.81. The monoisotopic (exact) mass is 364 g/mol. The van der Waals surface area contributed by atoms with Crippen LogP contribution in [0.5, 0.6) is 5.75 Å².